The van der Waals surface area contributed by atoms with Crippen LogP contribution in [0.15, 0.2) is 127 Å². The molecule has 1 aromatic heterocycles. The average Bonchev–Trinajstić information content (AvgIpc) is 3.34. The van der Waals surface area contributed by atoms with Crippen molar-refractivity contribution in [1.82, 2.24) is 0 Å². The first-order valence-corrected chi connectivity index (χ1v) is 13.5. The minimum absolute atomic E-state index is 0.638. The van der Waals surface area contributed by atoms with Crippen LogP contribution < -0.4 is 0 Å². The van der Waals surface area contributed by atoms with E-state index in [0.29, 0.717) is 0 Å². The summed E-state index contributed by atoms with van der Waals surface area (Å²) in [4.78, 5) is 0. The molecule has 7 aromatic rings. The molecule has 7 rings (SSSR count). The summed E-state index contributed by atoms with van der Waals surface area (Å²) in [5.74, 6) is 0. The summed E-state index contributed by atoms with van der Waals surface area (Å²) < 4.78 is 41.5. The molecule has 0 spiro atoms. The monoisotopic (exact) mass is 530 g/mol. The molecule has 0 aliphatic carbocycles. The number of thiophene rings is 1. The Bertz CT molecular complexity index is 1980. The van der Waals surface area contributed by atoms with Gasteiger partial charge in [0.1, 0.15) is 0 Å². The molecule has 1 heterocycles. The van der Waals surface area contributed by atoms with Gasteiger partial charge < -0.3 is 0 Å². The Labute approximate surface area is 227 Å². The second-order valence-corrected chi connectivity index (χ2v) is 10.8. The minimum Gasteiger partial charge on any atom is -0.166 e. The second-order valence-electron chi connectivity index (χ2n) is 9.74. The number of hydrogen-bond acceptors (Lipinski definition) is 1. The van der Waals surface area contributed by atoms with E-state index < -0.39 is 11.7 Å². The fourth-order valence-electron chi connectivity index (χ4n) is 5.22. The summed E-state index contributed by atoms with van der Waals surface area (Å²) in [7, 11) is 0. The van der Waals surface area contributed by atoms with Crippen LogP contribution in [-0.2, 0) is 6.18 Å². The maximum Gasteiger partial charge on any atom is 0.416 e. The van der Waals surface area contributed by atoms with Gasteiger partial charge in [0, 0.05) is 20.2 Å². The standard InChI is InChI=1S/C35H21F3S/c36-35(37,38)30-16-13-24(14-17-30)27-12-10-25-9-11-26(19-29(25)20-27)22-5-7-23(8-6-22)28-15-18-34-32(21-28)31-3-1-2-4-33(31)39-34/h1-21H. The highest BCUT2D eigenvalue weighted by Crippen LogP contribution is 2.37. The van der Waals surface area contributed by atoms with E-state index in [9.17, 15) is 13.2 Å². The highest BCUT2D eigenvalue weighted by molar-refractivity contribution is 7.25. The van der Waals surface area contributed by atoms with Crippen molar-refractivity contribution in [2.45, 2.75) is 6.18 Å². The Hall–Kier alpha value is -4.41. The Morgan fingerprint density at radius 2 is 0.897 bits per heavy atom. The smallest absolute Gasteiger partial charge is 0.166 e. The summed E-state index contributed by atoms with van der Waals surface area (Å²) in [6.07, 6.45) is -4.34. The van der Waals surface area contributed by atoms with E-state index in [1.54, 1.807) is 0 Å². The van der Waals surface area contributed by atoms with Gasteiger partial charge in [-0.25, -0.2) is 0 Å². The molecule has 0 radical (unpaired) electrons. The predicted octanol–water partition coefficient (Wildman–Crippen LogP) is 11.2. The number of hydrogen-bond donors (Lipinski definition) is 0. The van der Waals surface area contributed by atoms with Crippen molar-refractivity contribution in [3.8, 4) is 33.4 Å². The lowest BCUT2D eigenvalue weighted by atomic mass is 9.96. The summed E-state index contributed by atoms with van der Waals surface area (Å²) >= 11 is 1.82. The van der Waals surface area contributed by atoms with Crippen molar-refractivity contribution in [3.63, 3.8) is 0 Å². The maximum absolute atomic E-state index is 13.0. The van der Waals surface area contributed by atoms with Crippen molar-refractivity contribution >= 4 is 42.3 Å². The molecule has 0 aliphatic rings. The summed E-state index contributed by atoms with van der Waals surface area (Å²) in [5, 5.41) is 4.71. The van der Waals surface area contributed by atoms with Crippen LogP contribution in [0.3, 0.4) is 0 Å². The van der Waals surface area contributed by atoms with Crippen LogP contribution in [0.2, 0.25) is 0 Å². The molecular weight excluding hydrogens is 509 g/mol. The molecule has 6 aromatic carbocycles. The molecule has 0 atom stereocenters. The van der Waals surface area contributed by atoms with Crippen molar-refractivity contribution in [3.05, 3.63) is 133 Å². The van der Waals surface area contributed by atoms with Gasteiger partial charge in [-0.3, -0.25) is 0 Å². The normalized spacial score (nSPS) is 12.0. The molecule has 188 valence electrons. The molecule has 0 amide bonds. The van der Waals surface area contributed by atoms with Gasteiger partial charge in [-0.15, -0.1) is 11.3 Å². The predicted molar refractivity (Wildman–Crippen MR) is 158 cm³/mol. The topological polar surface area (TPSA) is 0 Å². The number of alkyl halides is 3. The van der Waals surface area contributed by atoms with E-state index in [4.69, 9.17) is 0 Å². The first kappa shape index (κ1) is 23.7. The Balaban J connectivity index is 1.20. The molecule has 0 aliphatic heterocycles. The van der Waals surface area contributed by atoms with Gasteiger partial charge >= 0.3 is 6.18 Å². The third-order valence-electron chi connectivity index (χ3n) is 7.31. The Kier molecular flexibility index (Phi) is 5.53. The van der Waals surface area contributed by atoms with E-state index in [-0.39, 0.29) is 0 Å². The fraction of sp³-hybridized carbons (Fsp3) is 0.0286. The van der Waals surface area contributed by atoms with E-state index in [2.05, 4.69) is 84.9 Å². The summed E-state index contributed by atoms with van der Waals surface area (Å²) in [5.41, 5.74) is 5.58. The van der Waals surface area contributed by atoms with Gasteiger partial charge in [-0.2, -0.15) is 13.2 Å². The summed E-state index contributed by atoms with van der Waals surface area (Å²) in [6.45, 7) is 0. The fourth-order valence-corrected chi connectivity index (χ4v) is 6.30. The van der Waals surface area contributed by atoms with Crippen molar-refractivity contribution in [2.24, 2.45) is 0 Å². The van der Waals surface area contributed by atoms with Crippen LogP contribution in [0.1, 0.15) is 5.56 Å². The van der Waals surface area contributed by atoms with E-state index >= 15 is 0 Å². The first-order chi connectivity index (χ1) is 18.9. The van der Waals surface area contributed by atoms with Crippen molar-refractivity contribution in [2.75, 3.05) is 0 Å². The van der Waals surface area contributed by atoms with Gasteiger partial charge in [0.05, 0.1) is 5.56 Å². The van der Waals surface area contributed by atoms with E-state index in [1.165, 1.54) is 43.4 Å². The van der Waals surface area contributed by atoms with Crippen LogP contribution in [0, 0.1) is 0 Å². The third-order valence-corrected chi connectivity index (χ3v) is 8.47. The molecular formula is C35H21F3S. The molecule has 0 bridgehead atoms. The number of benzene rings is 6. The molecule has 0 fully saturated rings. The lowest BCUT2D eigenvalue weighted by Crippen LogP contribution is -2.03. The zero-order chi connectivity index (χ0) is 26.6. The van der Waals surface area contributed by atoms with Gasteiger partial charge in [-0.1, -0.05) is 84.9 Å². The lowest BCUT2D eigenvalue weighted by Gasteiger charge is -2.10. The van der Waals surface area contributed by atoms with Crippen LogP contribution in [0.4, 0.5) is 13.2 Å². The molecule has 0 N–H and O–H groups in total. The van der Waals surface area contributed by atoms with Crippen molar-refractivity contribution in [1.29, 1.82) is 0 Å². The molecule has 0 unspecified atom stereocenters. The largest absolute Gasteiger partial charge is 0.416 e. The Morgan fingerprint density at radius 1 is 0.410 bits per heavy atom. The number of fused-ring (bicyclic) bond motifs is 4. The molecule has 0 saturated heterocycles. The average molecular weight is 531 g/mol. The SMILES string of the molecule is FC(F)(F)c1ccc(-c2ccc3ccc(-c4ccc(-c5ccc6sc7ccccc7c6c5)cc4)cc3c2)cc1. The first-order valence-electron chi connectivity index (χ1n) is 12.7. The van der Waals surface area contributed by atoms with Gasteiger partial charge in [-0.05, 0) is 86.6 Å². The van der Waals surface area contributed by atoms with E-state index in [1.807, 2.05) is 29.5 Å². The molecule has 4 heteroatoms. The maximum atomic E-state index is 13.0. The van der Waals surface area contributed by atoms with Gasteiger partial charge in [0.15, 0.2) is 0 Å². The molecule has 0 nitrogen and oxygen atoms in total. The Morgan fingerprint density at radius 3 is 1.51 bits per heavy atom. The quantitative estimate of drug-likeness (QED) is 0.213. The van der Waals surface area contributed by atoms with Gasteiger partial charge in [0.25, 0.3) is 0 Å². The van der Waals surface area contributed by atoms with Crippen LogP contribution >= 0.6 is 11.3 Å². The van der Waals surface area contributed by atoms with Crippen LogP contribution in [0.5, 0.6) is 0 Å². The highest BCUT2D eigenvalue weighted by Gasteiger charge is 2.29. The van der Waals surface area contributed by atoms with Gasteiger partial charge in [0.2, 0.25) is 0 Å². The minimum atomic E-state index is -4.34. The molecule has 0 saturated carbocycles. The van der Waals surface area contributed by atoms with Crippen LogP contribution in [-0.4, -0.2) is 0 Å². The highest BCUT2D eigenvalue weighted by atomic mass is 32.1. The zero-order valence-electron chi connectivity index (χ0n) is 20.7. The number of halogens is 3. The van der Waals surface area contributed by atoms with Crippen LogP contribution in [0.25, 0.3) is 64.3 Å². The zero-order valence-corrected chi connectivity index (χ0v) is 21.5. The number of rotatable bonds is 3. The summed E-state index contributed by atoms with van der Waals surface area (Å²) in [6, 6.07) is 41.5. The van der Waals surface area contributed by atoms with Crippen molar-refractivity contribution < 1.29 is 13.2 Å². The second kappa shape index (κ2) is 9.11. The lowest BCUT2D eigenvalue weighted by molar-refractivity contribution is -0.137. The molecule has 39 heavy (non-hydrogen) atoms. The third kappa shape index (κ3) is 4.37. The van der Waals surface area contributed by atoms with E-state index in [0.717, 1.165) is 45.2 Å².